The summed E-state index contributed by atoms with van der Waals surface area (Å²) in [5.41, 5.74) is 0. The van der Waals surface area contributed by atoms with Gasteiger partial charge in [0.15, 0.2) is 6.10 Å². The van der Waals surface area contributed by atoms with Gasteiger partial charge in [0.05, 0.1) is 7.11 Å². The van der Waals surface area contributed by atoms with E-state index in [1.165, 1.54) is 14.2 Å². The molecular weight excluding hydrogens is 188 g/mol. The highest BCUT2D eigenvalue weighted by Crippen LogP contribution is 2.06. The number of ether oxygens (including phenoxy) is 2. The fourth-order valence-corrected chi connectivity index (χ4v) is 1.04. The lowest BCUT2D eigenvalue weighted by Crippen LogP contribution is -2.22. The largest absolute Gasteiger partial charge is 0.479 e. The lowest BCUT2D eigenvalue weighted by atomic mass is 10.1. The van der Waals surface area contributed by atoms with Crippen molar-refractivity contribution in [1.29, 1.82) is 0 Å². The molecule has 0 spiro atoms. The fraction of sp³-hybridized carbons (Fsp3) is 0.778. The SMILES string of the molecule is COC(=O)CCCCC(OC)C(=O)O. The van der Waals surface area contributed by atoms with E-state index in [1.807, 2.05) is 0 Å². The monoisotopic (exact) mass is 204 g/mol. The summed E-state index contributed by atoms with van der Waals surface area (Å²) in [4.78, 5) is 21.2. The number of esters is 1. The molecule has 0 aliphatic rings. The average molecular weight is 204 g/mol. The minimum Gasteiger partial charge on any atom is -0.479 e. The quantitative estimate of drug-likeness (QED) is 0.491. The molecule has 0 amide bonds. The van der Waals surface area contributed by atoms with Gasteiger partial charge in [0, 0.05) is 13.5 Å². The van der Waals surface area contributed by atoms with E-state index >= 15 is 0 Å². The van der Waals surface area contributed by atoms with E-state index in [9.17, 15) is 9.59 Å². The topological polar surface area (TPSA) is 72.8 Å². The number of unbranched alkanes of at least 4 members (excludes halogenated alkanes) is 1. The Balaban J connectivity index is 3.52. The number of carboxylic acids is 1. The predicted octanol–water partition coefficient (Wildman–Crippen LogP) is 0.819. The van der Waals surface area contributed by atoms with Crippen LogP contribution in [0.5, 0.6) is 0 Å². The molecule has 0 saturated heterocycles. The summed E-state index contributed by atoms with van der Waals surface area (Å²) in [5.74, 6) is -1.24. The molecular formula is C9H16O5. The van der Waals surface area contributed by atoms with Gasteiger partial charge < -0.3 is 14.6 Å². The minimum absolute atomic E-state index is 0.269. The fourth-order valence-electron chi connectivity index (χ4n) is 1.04. The maximum Gasteiger partial charge on any atom is 0.332 e. The van der Waals surface area contributed by atoms with E-state index in [0.717, 1.165) is 0 Å². The zero-order chi connectivity index (χ0) is 11.0. The first-order chi connectivity index (χ1) is 6.61. The predicted molar refractivity (Wildman–Crippen MR) is 48.9 cm³/mol. The Bertz CT molecular complexity index is 190. The Morgan fingerprint density at radius 1 is 1.29 bits per heavy atom. The van der Waals surface area contributed by atoms with Crippen molar-refractivity contribution >= 4 is 11.9 Å². The van der Waals surface area contributed by atoms with Crippen LogP contribution in [0.3, 0.4) is 0 Å². The van der Waals surface area contributed by atoms with Crippen LogP contribution in [0.4, 0.5) is 0 Å². The molecule has 82 valence electrons. The summed E-state index contributed by atoms with van der Waals surface area (Å²) in [6.45, 7) is 0. The lowest BCUT2D eigenvalue weighted by Gasteiger charge is -2.09. The van der Waals surface area contributed by atoms with Gasteiger partial charge in [0.2, 0.25) is 0 Å². The molecule has 0 rings (SSSR count). The van der Waals surface area contributed by atoms with Gasteiger partial charge in [-0.25, -0.2) is 4.79 Å². The molecule has 0 aromatic carbocycles. The van der Waals surface area contributed by atoms with Crippen molar-refractivity contribution in [2.45, 2.75) is 31.8 Å². The Kier molecular flexibility index (Phi) is 6.74. The van der Waals surface area contributed by atoms with Gasteiger partial charge in [0.1, 0.15) is 0 Å². The molecule has 1 N–H and O–H groups in total. The normalized spacial score (nSPS) is 12.1. The molecule has 0 aromatic heterocycles. The molecule has 1 atom stereocenters. The molecule has 5 nitrogen and oxygen atoms in total. The van der Waals surface area contributed by atoms with Crippen molar-refractivity contribution in [1.82, 2.24) is 0 Å². The first-order valence-corrected chi connectivity index (χ1v) is 4.44. The number of hydrogen-bond acceptors (Lipinski definition) is 4. The van der Waals surface area contributed by atoms with Gasteiger partial charge in [0.25, 0.3) is 0 Å². The molecule has 5 heteroatoms. The average Bonchev–Trinajstić information content (AvgIpc) is 2.16. The Hall–Kier alpha value is -1.10. The Morgan fingerprint density at radius 2 is 1.93 bits per heavy atom. The second kappa shape index (κ2) is 7.32. The van der Waals surface area contributed by atoms with Crippen molar-refractivity contribution in [3.8, 4) is 0 Å². The Labute approximate surface area is 83.0 Å². The van der Waals surface area contributed by atoms with Gasteiger partial charge >= 0.3 is 11.9 Å². The van der Waals surface area contributed by atoms with E-state index in [2.05, 4.69) is 4.74 Å². The number of carbonyl (C=O) groups excluding carboxylic acids is 1. The lowest BCUT2D eigenvalue weighted by molar-refractivity contribution is -0.148. The van der Waals surface area contributed by atoms with Crippen LogP contribution < -0.4 is 0 Å². The van der Waals surface area contributed by atoms with Gasteiger partial charge in [-0.2, -0.15) is 0 Å². The molecule has 14 heavy (non-hydrogen) atoms. The van der Waals surface area contributed by atoms with Crippen LogP contribution in [0.25, 0.3) is 0 Å². The zero-order valence-electron chi connectivity index (χ0n) is 8.49. The van der Waals surface area contributed by atoms with E-state index in [-0.39, 0.29) is 5.97 Å². The van der Waals surface area contributed by atoms with E-state index < -0.39 is 12.1 Å². The maximum atomic E-state index is 10.7. The van der Waals surface area contributed by atoms with E-state index in [1.54, 1.807) is 0 Å². The van der Waals surface area contributed by atoms with Crippen LogP contribution in [0.15, 0.2) is 0 Å². The van der Waals surface area contributed by atoms with Crippen molar-refractivity contribution < 1.29 is 24.2 Å². The second-order valence-corrected chi connectivity index (χ2v) is 2.88. The molecule has 1 unspecified atom stereocenters. The van der Waals surface area contributed by atoms with Crippen LogP contribution in [0, 0.1) is 0 Å². The number of methoxy groups -OCH3 is 2. The molecule has 0 saturated carbocycles. The third kappa shape index (κ3) is 5.53. The summed E-state index contributed by atoms with van der Waals surface area (Å²) in [6.07, 6.45) is 1.24. The zero-order valence-corrected chi connectivity index (χ0v) is 8.49. The van der Waals surface area contributed by atoms with Gasteiger partial charge in [-0.15, -0.1) is 0 Å². The van der Waals surface area contributed by atoms with Crippen molar-refractivity contribution in [3.05, 3.63) is 0 Å². The number of rotatable bonds is 7. The van der Waals surface area contributed by atoms with Crippen LogP contribution in [-0.4, -0.2) is 37.4 Å². The number of carboxylic acid groups (broad SMARTS) is 1. The summed E-state index contributed by atoms with van der Waals surface area (Å²) < 4.78 is 9.17. The smallest absolute Gasteiger partial charge is 0.332 e. The second-order valence-electron chi connectivity index (χ2n) is 2.88. The molecule has 0 radical (unpaired) electrons. The van der Waals surface area contributed by atoms with Gasteiger partial charge in [-0.1, -0.05) is 0 Å². The van der Waals surface area contributed by atoms with Crippen LogP contribution in [0.2, 0.25) is 0 Å². The van der Waals surface area contributed by atoms with Crippen LogP contribution in [0.1, 0.15) is 25.7 Å². The highest BCUT2D eigenvalue weighted by molar-refractivity contribution is 5.72. The van der Waals surface area contributed by atoms with Crippen LogP contribution in [-0.2, 0) is 19.1 Å². The highest BCUT2D eigenvalue weighted by Gasteiger charge is 2.15. The molecule has 0 heterocycles. The van der Waals surface area contributed by atoms with Crippen molar-refractivity contribution in [2.75, 3.05) is 14.2 Å². The molecule has 0 aromatic rings. The number of hydrogen-bond donors (Lipinski definition) is 1. The summed E-state index contributed by atoms with van der Waals surface area (Å²) >= 11 is 0. The minimum atomic E-state index is -0.967. The van der Waals surface area contributed by atoms with Gasteiger partial charge in [-0.3, -0.25) is 4.79 Å². The molecule has 0 aliphatic heterocycles. The van der Waals surface area contributed by atoms with E-state index in [4.69, 9.17) is 9.84 Å². The van der Waals surface area contributed by atoms with Gasteiger partial charge in [-0.05, 0) is 19.3 Å². The highest BCUT2D eigenvalue weighted by atomic mass is 16.5. The summed E-state index contributed by atoms with van der Waals surface area (Å²) in [7, 11) is 2.69. The van der Waals surface area contributed by atoms with Crippen molar-refractivity contribution in [2.24, 2.45) is 0 Å². The summed E-state index contributed by atoms with van der Waals surface area (Å²) in [6, 6.07) is 0. The standard InChI is InChI=1S/C9H16O5/c1-13-7(9(11)12)5-3-4-6-8(10)14-2/h7H,3-6H2,1-2H3,(H,11,12). The Morgan fingerprint density at radius 3 is 2.36 bits per heavy atom. The van der Waals surface area contributed by atoms with Crippen LogP contribution >= 0.6 is 0 Å². The number of aliphatic carboxylic acids is 1. The van der Waals surface area contributed by atoms with Crippen molar-refractivity contribution in [3.63, 3.8) is 0 Å². The first kappa shape index (κ1) is 12.9. The summed E-state index contributed by atoms with van der Waals surface area (Å²) in [5, 5.41) is 8.61. The molecule has 0 bridgehead atoms. The first-order valence-electron chi connectivity index (χ1n) is 4.44. The van der Waals surface area contributed by atoms with E-state index in [0.29, 0.717) is 25.7 Å². The third-order valence-corrected chi connectivity index (χ3v) is 1.88. The molecule has 0 fully saturated rings. The maximum absolute atomic E-state index is 10.7. The molecule has 0 aliphatic carbocycles. The third-order valence-electron chi connectivity index (χ3n) is 1.88. The number of carbonyl (C=O) groups is 2.